The molecule has 3 aromatic rings. The van der Waals surface area contributed by atoms with Crippen LogP contribution in [0.1, 0.15) is 23.0 Å². The summed E-state index contributed by atoms with van der Waals surface area (Å²) in [5.74, 6) is 0.729. The molecule has 0 bridgehead atoms. The number of anilines is 1. The van der Waals surface area contributed by atoms with Crippen LogP contribution in [-0.4, -0.2) is 38.7 Å². The van der Waals surface area contributed by atoms with E-state index in [0.29, 0.717) is 32.0 Å². The zero-order valence-electron chi connectivity index (χ0n) is 14.3. The van der Waals surface area contributed by atoms with Crippen molar-refractivity contribution in [3.63, 3.8) is 0 Å². The van der Waals surface area contributed by atoms with Gasteiger partial charge < -0.3 is 10.2 Å². The van der Waals surface area contributed by atoms with E-state index in [2.05, 4.69) is 36.7 Å². The molecule has 26 heavy (non-hydrogen) atoms. The van der Waals surface area contributed by atoms with Crippen LogP contribution in [0.3, 0.4) is 0 Å². The Morgan fingerprint density at radius 1 is 1.23 bits per heavy atom. The zero-order chi connectivity index (χ0) is 17.8. The SMILES string of the molecule is O=C(C[C@@H]1CN(c2ncccn2)Cc2ccnn21)NCCc1cccs1. The number of aromatic nitrogens is 4. The van der Waals surface area contributed by atoms with Crippen LogP contribution in [0.25, 0.3) is 0 Å². The first-order chi connectivity index (χ1) is 12.8. The van der Waals surface area contributed by atoms with Crippen molar-refractivity contribution in [1.29, 1.82) is 0 Å². The van der Waals surface area contributed by atoms with Gasteiger partial charge in [0.2, 0.25) is 11.9 Å². The lowest BCUT2D eigenvalue weighted by atomic mass is 10.1. The van der Waals surface area contributed by atoms with Crippen LogP contribution in [0.15, 0.2) is 48.2 Å². The molecule has 0 aromatic carbocycles. The van der Waals surface area contributed by atoms with Crippen LogP contribution in [0.5, 0.6) is 0 Å². The van der Waals surface area contributed by atoms with E-state index in [4.69, 9.17) is 0 Å². The molecule has 1 amide bonds. The summed E-state index contributed by atoms with van der Waals surface area (Å²) >= 11 is 1.71. The molecule has 3 aromatic heterocycles. The second kappa shape index (κ2) is 7.65. The smallest absolute Gasteiger partial charge is 0.225 e. The van der Waals surface area contributed by atoms with E-state index in [0.717, 1.165) is 12.1 Å². The van der Waals surface area contributed by atoms with Crippen molar-refractivity contribution < 1.29 is 4.79 Å². The Morgan fingerprint density at radius 3 is 2.92 bits per heavy atom. The van der Waals surface area contributed by atoms with Gasteiger partial charge in [0.1, 0.15) is 0 Å². The highest BCUT2D eigenvalue weighted by atomic mass is 32.1. The highest BCUT2D eigenvalue weighted by Gasteiger charge is 2.28. The molecule has 8 heteroatoms. The number of amides is 1. The Balaban J connectivity index is 1.39. The van der Waals surface area contributed by atoms with Crippen molar-refractivity contribution in [2.75, 3.05) is 18.0 Å². The second-order valence-electron chi connectivity index (χ2n) is 6.23. The molecule has 0 aliphatic carbocycles. The standard InChI is InChI=1S/C18H20N6OS/c25-17(19-8-5-16-3-1-10-26-16)11-15-13-23(18-20-6-2-7-21-18)12-14-4-9-22-24(14)15/h1-4,6-7,9-10,15H,5,8,11-13H2,(H,19,25)/t15-/m1/s1. The van der Waals surface area contributed by atoms with Crippen LogP contribution in [0.4, 0.5) is 5.95 Å². The van der Waals surface area contributed by atoms with Crippen LogP contribution in [0.2, 0.25) is 0 Å². The average molecular weight is 368 g/mol. The van der Waals surface area contributed by atoms with E-state index in [1.54, 1.807) is 36.0 Å². The van der Waals surface area contributed by atoms with E-state index in [9.17, 15) is 4.79 Å². The fraction of sp³-hybridized carbons (Fsp3) is 0.333. The maximum atomic E-state index is 12.4. The summed E-state index contributed by atoms with van der Waals surface area (Å²) in [6.45, 7) is 2.01. The summed E-state index contributed by atoms with van der Waals surface area (Å²) in [5.41, 5.74) is 1.07. The lowest BCUT2D eigenvalue weighted by molar-refractivity contribution is -0.121. The van der Waals surface area contributed by atoms with Gasteiger partial charge in [-0.1, -0.05) is 6.07 Å². The monoisotopic (exact) mass is 368 g/mol. The van der Waals surface area contributed by atoms with Crippen molar-refractivity contribution in [2.24, 2.45) is 0 Å². The van der Waals surface area contributed by atoms with Crippen molar-refractivity contribution in [2.45, 2.75) is 25.4 Å². The number of nitrogens with zero attached hydrogens (tertiary/aromatic N) is 5. The van der Waals surface area contributed by atoms with E-state index in [-0.39, 0.29) is 11.9 Å². The Hall–Kier alpha value is -2.74. The van der Waals surface area contributed by atoms with E-state index >= 15 is 0 Å². The van der Waals surface area contributed by atoms with Gasteiger partial charge in [-0.15, -0.1) is 11.3 Å². The summed E-state index contributed by atoms with van der Waals surface area (Å²) < 4.78 is 1.96. The predicted molar refractivity (Wildman–Crippen MR) is 100.0 cm³/mol. The number of hydrogen-bond donors (Lipinski definition) is 1. The molecule has 0 radical (unpaired) electrons. The molecule has 1 aliphatic rings. The zero-order valence-corrected chi connectivity index (χ0v) is 15.1. The summed E-state index contributed by atoms with van der Waals surface area (Å²) in [7, 11) is 0. The van der Waals surface area contributed by atoms with Crippen molar-refractivity contribution in [3.8, 4) is 0 Å². The molecule has 0 saturated heterocycles. The molecule has 1 aliphatic heterocycles. The van der Waals surface area contributed by atoms with Gasteiger partial charge in [0.05, 0.1) is 24.7 Å². The largest absolute Gasteiger partial charge is 0.356 e. The Morgan fingerprint density at radius 2 is 2.12 bits per heavy atom. The van der Waals surface area contributed by atoms with Gasteiger partial charge in [0, 0.05) is 36.6 Å². The number of rotatable bonds is 6. The topological polar surface area (TPSA) is 75.9 Å². The van der Waals surface area contributed by atoms with Crippen LogP contribution >= 0.6 is 11.3 Å². The molecule has 1 atom stereocenters. The first-order valence-electron chi connectivity index (χ1n) is 8.63. The maximum Gasteiger partial charge on any atom is 0.225 e. The molecule has 7 nitrogen and oxygen atoms in total. The Bertz CT molecular complexity index is 848. The highest BCUT2D eigenvalue weighted by Crippen LogP contribution is 2.25. The van der Waals surface area contributed by atoms with Gasteiger partial charge in [-0.25, -0.2) is 9.97 Å². The lowest BCUT2D eigenvalue weighted by Crippen LogP contribution is -2.41. The van der Waals surface area contributed by atoms with Gasteiger partial charge in [-0.2, -0.15) is 5.10 Å². The third kappa shape index (κ3) is 3.75. The normalized spacial score (nSPS) is 16.3. The van der Waals surface area contributed by atoms with Crippen molar-refractivity contribution in [3.05, 3.63) is 58.8 Å². The van der Waals surface area contributed by atoms with Crippen molar-refractivity contribution >= 4 is 23.2 Å². The number of nitrogens with one attached hydrogen (secondary N) is 1. The average Bonchev–Trinajstić information content (AvgIpc) is 3.34. The summed E-state index contributed by atoms with van der Waals surface area (Å²) in [6, 6.07) is 7.88. The number of hydrogen-bond acceptors (Lipinski definition) is 6. The van der Waals surface area contributed by atoms with Crippen LogP contribution < -0.4 is 10.2 Å². The van der Waals surface area contributed by atoms with Gasteiger partial charge in [-0.3, -0.25) is 9.48 Å². The summed E-state index contributed by atoms with van der Waals surface area (Å²) in [6.07, 6.45) is 6.51. The summed E-state index contributed by atoms with van der Waals surface area (Å²) in [4.78, 5) is 24.5. The number of thiophene rings is 1. The van der Waals surface area contributed by atoms with Gasteiger partial charge in [0.25, 0.3) is 0 Å². The quantitative estimate of drug-likeness (QED) is 0.721. The van der Waals surface area contributed by atoms with Crippen molar-refractivity contribution in [1.82, 2.24) is 25.1 Å². The third-order valence-electron chi connectivity index (χ3n) is 4.41. The van der Waals surface area contributed by atoms with Crippen LogP contribution in [-0.2, 0) is 17.8 Å². The molecule has 0 spiro atoms. The van der Waals surface area contributed by atoms with Gasteiger partial charge >= 0.3 is 0 Å². The van der Waals surface area contributed by atoms with E-state index < -0.39 is 0 Å². The molecule has 4 rings (SSSR count). The molecule has 0 saturated carbocycles. The Kier molecular flexibility index (Phi) is 4.92. The second-order valence-corrected chi connectivity index (χ2v) is 7.27. The highest BCUT2D eigenvalue weighted by molar-refractivity contribution is 7.09. The lowest BCUT2D eigenvalue weighted by Gasteiger charge is -2.33. The first kappa shape index (κ1) is 16.7. The fourth-order valence-corrected chi connectivity index (χ4v) is 3.92. The predicted octanol–water partition coefficient (Wildman–Crippen LogP) is 2.04. The first-order valence-corrected chi connectivity index (χ1v) is 9.51. The minimum Gasteiger partial charge on any atom is -0.356 e. The van der Waals surface area contributed by atoms with Gasteiger partial charge in [0.15, 0.2) is 0 Å². The minimum absolute atomic E-state index is 0.0284. The maximum absolute atomic E-state index is 12.4. The Labute approximate surface area is 155 Å². The number of carbonyl (C=O) groups excluding carboxylic acids is 1. The molecule has 0 unspecified atom stereocenters. The minimum atomic E-state index is -0.0284. The molecular weight excluding hydrogens is 348 g/mol. The van der Waals surface area contributed by atoms with Gasteiger partial charge in [-0.05, 0) is 30.0 Å². The molecule has 134 valence electrons. The molecular formula is C18H20N6OS. The van der Waals surface area contributed by atoms with E-state index in [1.807, 2.05) is 16.8 Å². The number of carbonyl (C=O) groups is 1. The van der Waals surface area contributed by atoms with Crippen LogP contribution in [0, 0.1) is 0 Å². The molecule has 4 heterocycles. The fourth-order valence-electron chi connectivity index (χ4n) is 3.21. The molecule has 1 N–H and O–H groups in total. The third-order valence-corrected chi connectivity index (χ3v) is 5.35. The molecule has 0 fully saturated rings. The van der Waals surface area contributed by atoms with E-state index in [1.165, 1.54) is 4.88 Å². The number of fused-ring (bicyclic) bond motifs is 1. The summed E-state index contributed by atoms with van der Waals surface area (Å²) in [5, 5.41) is 9.49.